The molecule has 0 aromatic heterocycles. The SMILES string of the molecule is O=C(CCNC(=O)C12CC3CC(CC(C3)C1)C2)N1CCC(C(=O)N2CCCCCC2)CC1. The lowest BCUT2D eigenvalue weighted by Gasteiger charge is -2.55. The van der Waals surface area contributed by atoms with Gasteiger partial charge in [-0.1, -0.05) is 12.8 Å². The van der Waals surface area contributed by atoms with Gasteiger partial charge in [0.2, 0.25) is 17.7 Å². The minimum Gasteiger partial charge on any atom is -0.355 e. The van der Waals surface area contributed by atoms with Crippen molar-refractivity contribution in [2.75, 3.05) is 32.7 Å². The summed E-state index contributed by atoms with van der Waals surface area (Å²) < 4.78 is 0. The summed E-state index contributed by atoms with van der Waals surface area (Å²) in [6.45, 7) is 3.60. The third-order valence-corrected chi connectivity index (χ3v) is 9.26. The predicted molar refractivity (Wildman–Crippen MR) is 123 cm³/mol. The van der Waals surface area contributed by atoms with E-state index in [0.717, 1.165) is 75.8 Å². The van der Waals surface area contributed by atoms with Crippen LogP contribution in [0.2, 0.25) is 0 Å². The highest BCUT2D eigenvalue weighted by atomic mass is 16.2. The van der Waals surface area contributed by atoms with Crippen LogP contribution >= 0.6 is 0 Å². The van der Waals surface area contributed by atoms with Crippen molar-refractivity contribution >= 4 is 17.7 Å². The van der Waals surface area contributed by atoms with E-state index in [1.54, 1.807) is 0 Å². The number of hydrogen-bond acceptors (Lipinski definition) is 3. The van der Waals surface area contributed by atoms with E-state index in [0.29, 0.717) is 32.0 Å². The van der Waals surface area contributed by atoms with Crippen molar-refractivity contribution in [2.45, 2.75) is 83.5 Å². The molecule has 6 aliphatic rings. The lowest BCUT2D eigenvalue weighted by molar-refractivity contribution is -0.146. The number of rotatable bonds is 5. The lowest BCUT2D eigenvalue weighted by Crippen LogP contribution is -2.54. The van der Waals surface area contributed by atoms with Gasteiger partial charge < -0.3 is 15.1 Å². The van der Waals surface area contributed by atoms with Crippen LogP contribution in [0.1, 0.15) is 83.5 Å². The Morgan fingerprint density at radius 2 is 1.31 bits per heavy atom. The van der Waals surface area contributed by atoms with E-state index in [-0.39, 0.29) is 23.1 Å². The quantitative estimate of drug-likeness (QED) is 0.708. The molecule has 0 unspecified atom stereocenters. The van der Waals surface area contributed by atoms with Gasteiger partial charge in [0, 0.05) is 50.5 Å². The van der Waals surface area contributed by atoms with Gasteiger partial charge >= 0.3 is 0 Å². The molecule has 2 aliphatic heterocycles. The lowest BCUT2D eigenvalue weighted by atomic mass is 9.49. The summed E-state index contributed by atoms with van der Waals surface area (Å²) in [4.78, 5) is 42.6. The highest BCUT2D eigenvalue weighted by Gasteiger charge is 2.54. The standard InChI is InChI=1S/C26H41N3O3/c30-23(28-11-6-22(7-12-28)24(31)29-9-3-1-2-4-10-29)5-8-27-25(32)26-16-19-13-20(17-26)15-21(14-19)18-26/h19-22H,1-18H2,(H,27,32). The summed E-state index contributed by atoms with van der Waals surface area (Å²) in [5.74, 6) is 2.99. The Kier molecular flexibility index (Phi) is 6.48. The fourth-order valence-electron chi connectivity index (χ4n) is 7.94. The number of nitrogens with one attached hydrogen (secondary N) is 1. The monoisotopic (exact) mass is 443 g/mol. The number of likely N-dealkylation sites (tertiary alicyclic amines) is 2. The van der Waals surface area contributed by atoms with Crippen molar-refractivity contribution in [1.29, 1.82) is 0 Å². The Hall–Kier alpha value is -1.59. The molecule has 2 saturated heterocycles. The van der Waals surface area contributed by atoms with Gasteiger partial charge in [-0.15, -0.1) is 0 Å². The molecule has 0 atom stereocenters. The van der Waals surface area contributed by atoms with E-state index in [9.17, 15) is 14.4 Å². The average Bonchev–Trinajstić information content (AvgIpc) is 3.07. The zero-order chi connectivity index (χ0) is 22.1. The van der Waals surface area contributed by atoms with Crippen LogP contribution in [0.5, 0.6) is 0 Å². The van der Waals surface area contributed by atoms with E-state index in [1.165, 1.54) is 32.1 Å². The highest BCUT2D eigenvalue weighted by Crippen LogP contribution is 2.60. The zero-order valence-corrected chi connectivity index (χ0v) is 19.7. The van der Waals surface area contributed by atoms with Crippen LogP contribution < -0.4 is 5.32 Å². The average molecular weight is 444 g/mol. The van der Waals surface area contributed by atoms with Gasteiger partial charge in [-0.2, -0.15) is 0 Å². The van der Waals surface area contributed by atoms with Crippen LogP contribution in [0, 0.1) is 29.1 Å². The fraction of sp³-hybridized carbons (Fsp3) is 0.885. The summed E-state index contributed by atoms with van der Waals surface area (Å²) in [5.41, 5.74) is -0.135. The number of hydrogen-bond donors (Lipinski definition) is 1. The summed E-state index contributed by atoms with van der Waals surface area (Å²) in [5, 5.41) is 3.14. The summed E-state index contributed by atoms with van der Waals surface area (Å²) in [6.07, 6.45) is 13.8. The first-order valence-corrected chi connectivity index (χ1v) is 13.4. The van der Waals surface area contributed by atoms with Gasteiger partial charge in [0.25, 0.3) is 0 Å². The van der Waals surface area contributed by atoms with Gasteiger partial charge in [-0.05, 0) is 82.0 Å². The number of carbonyl (C=O) groups is 3. The molecule has 2 heterocycles. The molecule has 0 spiro atoms. The van der Waals surface area contributed by atoms with Crippen molar-refractivity contribution in [2.24, 2.45) is 29.1 Å². The topological polar surface area (TPSA) is 69.7 Å². The van der Waals surface area contributed by atoms with E-state index in [1.807, 2.05) is 4.90 Å². The third kappa shape index (κ3) is 4.56. The zero-order valence-electron chi connectivity index (χ0n) is 19.7. The molecule has 4 bridgehead atoms. The molecule has 0 radical (unpaired) electrons. The first-order valence-electron chi connectivity index (χ1n) is 13.4. The van der Waals surface area contributed by atoms with Crippen LogP contribution in [-0.4, -0.2) is 60.2 Å². The molecule has 32 heavy (non-hydrogen) atoms. The summed E-state index contributed by atoms with van der Waals surface area (Å²) in [7, 11) is 0. The van der Waals surface area contributed by atoms with Crippen LogP contribution in [0.15, 0.2) is 0 Å². The second kappa shape index (κ2) is 9.34. The molecule has 0 aromatic rings. The second-order valence-corrected chi connectivity index (χ2v) is 11.6. The van der Waals surface area contributed by atoms with Crippen LogP contribution in [0.4, 0.5) is 0 Å². The molecule has 6 nitrogen and oxygen atoms in total. The molecule has 6 fully saturated rings. The Balaban J connectivity index is 1.04. The summed E-state index contributed by atoms with van der Waals surface area (Å²) in [6, 6.07) is 0. The van der Waals surface area contributed by atoms with E-state index < -0.39 is 0 Å². The van der Waals surface area contributed by atoms with Crippen LogP contribution in [-0.2, 0) is 14.4 Å². The normalized spacial score (nSPS) is 34.9. The maximum atomic E-state index is 13.1. The van der Waals surface area contributed by atoms with E-state index in [4.69, 9.17) is 0 Å². The van der Waals surface area contributed by atoms with Crippen molar-refractivity contribution in [3.8, 4) is 0 Å². The third-order valence-electron chi connectivity index (χ3n) is 9.26. The van der Waals surface area contributed by atoms with Gasteiger partial charge in [0.05, 0.1) is 0 Å². The number of nitrogens with zero attached hydrogens (tertiary/aromatic N) is 2. The smallest absolute Gasteiger partial charge is 0.226 e. The molecule has 4 saturated carbocycles. The van der Waals surface area contributed by atoms with Crippen LogP contribution in [0.3, 0.4) is 0 Å². The van der Waals surface area contributed by atoms with E-state index in [2.05, 4.69) is 10.2 Å². The van der Waals surface area contributed by atoms with Gasteiger partial charge in [0.15, 0.2) is 0 Å². The molecular formula is C26H41N3O3. The number of amides is 3. The second-order valence-electron chi connectivity index (χ2n) is 11.6. The van der Waals surface area contributed by atoms with E-state index >= 15 is 0 Å². The van der Waals surface area contributed by atoms with Crippen molar-refractivity contribution in [3.05, 3.63) is 0 Å². The molecule has 178 valence electrons. The molecule has 0 aromatic carbocycles. The number of piperidine rings is 1. The first kappa shape index (κ1) is 22.2. The van der Waals surface area contributed by atoms with Crippen LogP contribution in [0.25, 0.3) is 0 Å². The molecule has 1 N–H and O–H groups in total. The number of carbonyl (C=O) groups excluding carboxylic acids is 3. The largest absolute Gasteiger partial charge is 0.355 e. The Labute approximate surface area is 192 Å². The molecule has 3 amide bonds. The van der Waals surface area contributed by atoms with Gasteiger partial charge in [-0.25, -0.2) is 0 Å². The van der Waals surface area contributed by atoms with Crippen molar-refractivity contribution < 1.29 is 14.4 Å². The first-order chi connectivity index (χ1) is 15.5. The van der Waals surface area contributed by atoms with Gasteiger partial charge in [-0.3, -0.25) is 14.4 Å². The fourth-order valence-corrected chi connectivity index (χ4v) is 7.94. The minimum atomic E-state index is -0.135. The highest BCUT2D eigenvalue weighted by molar-refractivity contribution is 5.84. The van der Waals surface area contributed by atoms with Crippen molar-refractivity contribution in [3.63, 3.8) is 0 Å². The molecule has 6 heteroatoms. The molecule has 4 aliphatic carbocycles. The molecular weight excluding hydrogens is 402 g/mol. The maximum absolute atomic E-state index is 13.1. The Morgan fingerprint density at radius 1 is 0.750 bits per heavy atom. The Bertz CT molecular complexity index is 685. The summed E-state index contributed by atoms with van der Waals surface area (Å²) >= 11 is 0. The minimum absolute atomic E-state index is 0.0768. The predicted octanol–water partition coefficient (Wildman–Crippen LogP) is 3.35. The Morgan fingerprint density at radius 3 is 1.88 bits per heavy atom. The van der Waals surface area contributed by atoms with Gasteiger partial charge in [0.1, 0.15) is 0 Å². The van der Waals surface area contributed by atoms with Crippen molar-refractivity contribution in [1.82, 2.24) is 15.1 Å². The maximum Gasteiger partial charge on any atom is 0.226 e. The molecule has 6 rings (SSSR count).